The highest BCUT2D eigenvalue weighted by Gasteiger charge is 2.23. The molecule has 0 aliphatic carbocycles. The maximum atomic E-state index is 13.0. The average molecular weight is 265 g/mol. The van der Waals surface area contributed by atoms with Crippen molar-refractivity contribution in [1.82, 2.24) is 14.8 Å². The number of halogens is 1. The van der Waals surface area contributed by atoms with E-state index in [0.717, 1.165) is 19.6 Å². The maximum Gasteiger partial charge on any atom is 0.272 e. The smallest absolute Gasteiger partial charge is 0.272 e. The molecule has 1 amide bonds. The van der Waals surface area contributed by atoms with Gasteiger partial charge in [-0.3, -0.25) is 9.69 Å². The second kappa shape index (κ2) is 6.10. The van der Waals surface area contributed by atoms with Crippen LogP contribution in [0.25, 0.3) is 0 Å². The summed E-state index contributed by atoms with van der Waals surface area (Å²) in [6.45, 7) is 8.55. The number of piperazine rings is 1. The Morgan fingerprint density at radius 2 is 2.00 bits per heavy atom. The first-order valence-corrected chi connectivity index (χ1v) is 6.70. The summed E-state index contributed by atoms with van der Waals surface area (Å²) in [6.07, 6.45) is 0. The van der Waals surface area contributed by atoms with E-state index in [4.69, 9.17) is 0 Å². The van der Waals surface area contributed by atoms with Crippen molar-refractivity contribution in [2.45, 2.75) is 13.8 Å². The summed E-state index contributed by atoms with van der Waals surface area (Å²) in [7, 11) is 0. The Morgan fingerprint density at radius 1 is 1.32 bits per heavy atom. The highest BCUT2D eigenvalue weighted by atomic mass is 19.1. The predicted octanol–water partition coefficient (Wildman–Crippen LogP) is 1.63. The Morgan fingerprint density at radius 3 is 2.58 bits per heavy atom. The fourth-order valence-electron chi connectivity index (χ4n) is 2.34. The van der Waals surface area contributed by atoms with Crippen LogP contribution in [0.1, 0.15) is 24.3 Å². The van der Waals surface area contributed by atoms with Crippen LogP contribution in [0.2, 0.25) is 0 Å². The van der Waals surface area contributed by atoms with E-state index in [1.165, 1.54) is 12.1 Å². The number of amides is 1. The molecule has 19 heavy (non-hydrogen) atoms. The van der Waals surface area contributed by atoms with E-state index in [1.54, 1.807) is 11.0 Å². The largest absolute Gasteiger partial charge is 0.335 e. The number of pyridine rings is 1. The Balaban J connectivity index is 1.92. The minimum absolute atomic E-state index is 0.177. The minimum Gasteiger partial charge on any atom is -0.335 e. The van der Waals surface area contributed by atoms with Gasteiger partial charge >= 0.3 is 0 Å². The summed E-state index contributed by atoms with van der Waals surface area (Å²) >= 11 is 0. The molecule has 5 heteroatoms. The number of rotatable bonds is 3. The van der Waals surface area contributed by atoms with Gasteiger partial charge < -0.3 is 4.90 Å². The van der Waals surface area contributed by atoms with Crippen LogP contribution in [-0.4, -0.2) is 53.4 Å². The summed E-state index contributed by atoms with van der Waals surface area (Å²) in [6, 6.07) is 4.33. The number of aromatic nitrogens is 1. The average Bonchev–Trinajstić information content (AvgIpc) is 2.38. The fraction of sp³-hybridized carbons (Fsp3) is 0.571. The third-order valence-corrected chi connectivity index (χ3v) is 3.22. The summed E-state index contributed by atoms with van der Waals surface area (Å²) in [5, 5.41) is 0. The van der Waals surface area contributed by atoms with Crippen molar-refractivity contribution in [2.75, 3.05) is 32.7 Å². The predicted molar refractivity (Wildman–Crippen MR) is 71.4 cm³/mol. The zero-order valence-electron chi connectivity index (χ0n) is 11.5. The van der Waals surface area contributed by atoms with Gasteiger partial charge in [-0.2, -0.15) is 4.39 Å². The minimum atomic E-state index is -0.607. The lowest BCUT2D eigenvalue weighted by Crippen LogP contribution is -2.49. The van der Waals surface area contributed by atoms with Crippen LogP contribution in [-0.2, 0) is 0 Å². The highest BCUT2D eigenvalue weighted by Crippen LogP contribution is 2.09. The van der Waals surface area contributed by atoms with Crippen LogP contribution in [0.4, 0.5) is 4.39 Å². The van der Waals surface area contributed by atoms with Crippen molar-refractivity contribution in [3.8, 4) is 0 Å². The van der Waals surface area contributed by atoms with Gasteiger partial charge in [0, 0.05) is 32.7 Å². The number of carbonyl (C=O) groups excluding carboxylic acids is 1. The van der Waals surface area contributed by atoms with Crippen molar-refractivity contribution in [3.05, 3.63) is 29.8 Å². The van der Waals surface area contributed by atoms with Gasteiger partial charge in [-0.05, 0) is 18.1 Å². The molecule has 2 rings (SSSR count). The first kappa shape index (κ1) is 13.9. The van der Waals surface area contributed by atoms with E-state index in [1.807, 2.05) is 0 Å². The van der Waals surface area contributed by atoms with Crippen molar-refractivity contribution in [3.63, 3.8) is 0 Å². The van der Waals surface area contributed by atoms with E-state index in [9.17, 15) is 9.18 Å². The molecule has 1 saturated heterocycles. The molecule has 1 aliphatic rings. The van der Waals surface area contributed by atoms with E-state index in [0.29, 0.717) is 19.0 Å². The molecule has 0 spiro atoms. The van der Waals surface area contributed by atoms with Gasteiger partial charge in [0.2, 0.25) is 5.95 Å². The van der Waals surface area contributed by atoms with Crippen LogP contribution in [0.15, 0.2) is 18.2 Å². The second-order valence-electron chi connectivity index (χ2n) is 5.33. The van der Waals surface area contributed by atoms with Gasteiger partial charge in [-0.15, -0.1) is 0 Å². The van der Waals surface area contributed by atoms with Gasteiger partial charge in [0.25, 0.3) is 5.91 Å². The standard InChI is InChI=1S/C14H20FN3O/c1-11(2)10-17-6-8-18(9-7-17)14(19)12-4-3-5-13(15)16-12/h3-5,11H,6-10H2,1-2H3. The van der Waals surface area contributed by atoms with Gasteiger partial charge in [0.1, 0.15) is 5.69 Å². The molecule has 1 aromatic heterocycles. The Kier molecular flexibility index (Phi) is 4.47. The molecule has 0 bridgehead atoms. The van der Waals surface area contributed by atoms with Crippen molar-refractivity contribution in [1.29, 1.82) is 0 Å². The number of hydrogen-bond donors (Lipinski definition) is 0. The lowest BCUT2D eigenvalue weighted by atomic mass is 10.2. The van der Waals surface area contributed by atoms with E-state index >= 15 is 0 Å². The molecule has 0 atom stereocenters. The molecule has 0 saturated carbocycles. The molecule has 0 radical (unpaired) electrons. The first-order chi connectivity index (χ1) is 9.06. The normalized spacial score (nSPS) is 16.9. The molecule has 4 nitrogen and oxygen atoms in total. The van der Waals surface area contributed by atoms with Crippen molar-refractivity contribution < 1.29 is 9.18 Å². The van der Waals surface area contributed by atoms with Crippen LogP contribution in [0.5, 0.6) is 0 Å². The van der Waals surface area contributed by atoms with Crippen LogP contribution in [0.3, 0.4) is 0 Å². The zero-order chi connectivity index (χ0) is 13.8. The molecular formula is C14H20FN3O. The van der Waals surface area contributed by atoms with Crippen molar-refractivity contribution in [2.24, 2.45) is 5.92 Å². The molecule has 1 fully saturated rings. The van der Waals surface area contributed by atoms with Crippen LogP contribution in [0, 0.1) is 11.9 Å². The third kappa shape index (κ3) is 3.73. The summed E-state index contributed by atoms with van der Waals surface area (Å²) in [4.78, 5) is 19.9. The van der Waals surface area contributed by atoms with Crippen molar-refractivity contribution >= 4 is 5.91 Å². The molecule has 1 aromatic rings. The van der Waals surface area contributed by atoms with Crippen LogP contribution >= 0.6 is 0 Å². The lowest BCUT2D eigenvalue weighted by Gasteiger charge is -2.35. The van der Waals surface area contributed by atoms with Gasteiger partial charge in [-0.1, -0.05) is 19.9 Å². The third-order valence-electron chi connectivity index (χ3n) is 3.22. The molecule has 0 N–H and O–H groups in total. The van der Waals surface area contributed by atoms with Gasteiger partial charge in [0.15, 0.2) is 0 Å². The Hall–Kier alpha value is -1.49. The Bertz CT molecular complexity index is 442. The van der Waals surface area contributed by atoms with E-state index in [2.05, 4.69) is 23.7 Å². The molecule has 0 unspecified atom stereocenters. The molecule has 104 valence electrons. The van der Waals surface area contributed by atoms with Gasteiger partial charge in [-0.25, -0.2) is 4.98 Å². The SMILES string of the molecule is CC(C)CN1CCN(C(=O)c2cccc(F)n2)CC1. The summed E-state index contributed by atoms with van der Waals surface area (Å²) in [5.74, 6) is -0.153. The Labute approximate surface area is 113 Å². The quantitative estimate of drug-likeness (QED) is 0.779. The van der Waals surface area contributed by atoms with E-state index < -0.39 is 5.95 Å². The number of hydrogen-bond acceptors (Lipinski definition) is 3. The summed E-state index contributed by atoms with van der Waals surface area (Å²) < 4.78 is 13.0. The molecule has 2 heterocycles. The number of carbonyl (C=O) groups is 1. The fourth-order valence-corrected chi connectivity index (χ4v) is 2.34. The highest BCUT2D eigenvalue weighted by molar-refractivity contribution is 5.92. The number of nitrogens with zero attached hydrogens (tertiary/aromatic N) is 3. The first-order valence-electron chi connectivity index (χ1n) is 6.70. The van der Waals surface area contributed by atoms with E-state index in [-0.39, 0.29) is 11.6 Å². The molecular weight excluding hydrogens is 245 g/mol. The monoisotopic (exact) mass is 265 g/mol. The zero-order valence-corrected chi connectivity index (χ0v) is 11.5. The van der Waals surface area contributed by atoms with Crippen LogP contribution < -0.4 is 0 Å². The molecule has 1 aliphatic heterocycles. The topological polar surface area (TPSA) is 36.4 Å². The second-order valence-corrected chi connectivity index (χ2v) is 5.33. The van der Waals surface area contributed by atoms with Gasteiger partial charge in [0.05, 0.1) is 0 Å². The summed E-state index contributed by atoms with van der Waals surface area (Å²) in [5.41, 5.74) is 0.192. The maximum absolute atomic E-state index is 13.0. The lowest BCUT2D eigenvalue weighted by molar-refractivity contribution is 0.0617. The molecule has 0 aromatic carbocycles.